The van der Waals surface area contributed by atoms with Crippen molar-refractivity contribution >= 4 is 18.0 Å². The summed E-state index contributed by atoms with van der Waals surface area (Å²) in [7, 11) is 1.65. The summed E-state index contributed by atoms with van der Waals surface area (Å²) in [6.07, 6.45) is 1.79. The van der Waals surface area contributed by atoms with Gasteiger partial charge in [-0.05, 0) is 42.3 Å². The number of nitrogens with zero attached hydrogens (tertiary/aromatic N) is 4. The molecule has 0 saturated carbocycles. The molecule has 0 unspecified atom stereocenters. The van der Waals surface area contributed by atoms with E-state index in [-0.39, 0.29) is 0 Å². The summed E-state index contributed by atoms with van der Waals surface area (Å²) in [5.41, 5.74) is 2.23. The van der Waals surface area contributed by atoms with E-state index in [2.05, 4.69) is 27.4 Å². The fourth-order valence-electron chi connectivity index (χ4n) is 2.10. The maximum absolute atomic E-state index is 5.16. The highest BCUT2D eigenvalue weighted by Crippen LogP contribution is 2.21. The first-order valence-electron chi connectivity index (χ1n) is 7.53. The number of aromatic nitrogens is 3. The molecule has 0 aliphatic heterocycles. The predicted octanol–water partition coefficient (Wildman–Crippen LogP) is 3.77. The second-order valence-electron chi connectivity index (χ2n) is 5.13. The van der Waals surface area contributed by atoms with Crippen molar-refractivity contribution in [3.63, 3.8) is 0 Å². The fraction of sp³-hybridized carbons (Fsp3) is 0.167. The number of rotatable bonds is 6. The zero-order valence-electron chi connectivity index (χ0n) is 13.6. The van der Waals surface area contributed by atoms with Crippen molar-refractivity contribution in [3.05, 3.63) is 71.5 Å². The number of ether oxygens (including phenoxy) is 1. The van der Waals surface area contributed by atoms with Gasteiger partial charge in [0.2, 0.25) is 5.16 Å². The molecule has 0 N–H and O–H groups in total. The van der Waals surface area contributed by atoms with Gasteiger partial charge in [0.25, 0.3) is 0 Å². The Bertz CT molecular complexity index is 813. The van der Waals surface area contributed by atoms with Crippen LogP contribution in [0.4, 0.5) is 0 Å². The van der Waals surface area contributed by atoms with Gasteiger partial charge in [-0.2, -0.15) is 9.78 Å². The molecular formula is C18H18N4OS. The van der Waals surface area contributed by atoms with Gasteiger partial charge < -0.3 is 4.74 Å². The minimum atomic E-state index is 0.760. The lowest BCUT2D eigenvalue weighted by Crippen LogP contribution is -1.96. The van der Waals surface area contributed by atoms with E-state index in [0.717, 1.165) is 28.0 Å². The molecule has 3 aromatic rings. The van der Waals surface area contributed by atoms with E-state index in [0.29, 0.717) is 0 Å². The standard InChI is InChI=1S/C18H18N4OS/c1-14-20-21-18(24-13-16-6-4-3-5-7-16)22(14)19-12-15-8-10-17(23-2)11-9-15/h3-12H,13H2,1-2H3/b19-12-. The minimum absolute atomic E-state index is 0.760. The summed E-state index contributed by atoms with van der Waals surface area (Å²) in [4.78, 5) is 0. The summed E-state index contributed by atoms with van der Waals surface area (Å²) in [5.74, 6) is 2.42. The number of aryl methyl sites for hydroxylation is 1. The molecule has 3 rings (SSSR count). The van der Waals surface area contributed by atoms with Crippen LogP contribution in [0, 0.1) is 6.92 Å². The average Bonchev–Trinajstić information content (AvgIpc) is 2.99. The molecular weight excluding hydrogens is 320 g/mol. The summed E-state index contributed by atoms with van der Waals surface area (Å²) < 4.78 is 6.92. The Hall–Kier alpha value is -2.60. The van der Waals surface area contributed by atoms with Crippen molar-refractivity contribution < 1.29 is 4.74 Å². The van der Waals surface area contributed by atoms with Gasteiger partial charge in [0.05, 0.1) is 13.3 Å². The topological polar surface area (TPSA) is 52.3 Å². The van der Waals surface area contributed by atoms with Crippen LogP contribution in [-0.2, 0) is 5.75 Å². The maximum atomic E-state index is 5.16. The highest BCUT2D eigenvalue weighted by atomic mass is 32.2. The van der Waals surface area contributed by atoms with Gasteiger partial charge in [-0.3, -0.25) is 0 Å². The summed E-state index contributed by atoms with van der Waals surface area (Å²) in [5, 5.41) is 13.6. The van der Waals surface area contributed by atoms with Crippen molar-refractivity contribution in [2.45, 2.75) is 17.8 Å². The molecule has 2 aromatic carbocycles. The maximum Gasteiger partial charge on any atom is 0.212 e. The Kier molecular flexibility index (Phi) is 5.28. The third kappa shape index (κ3) is 4.02. The van der Waals surface area contributed by atoms with Gasteiger partial charge >= 0.3 is 0 Å². The summed E-state index contributed by atoms with van der Waals surface area (Å²) in [6, 6.07) is 18.0. The van der Waals surface area contributed by atoms with Crippen LogP contribution < -0.4 is 4.74 Å². The van der Waals surface area contributed by atoms with E-state index in [1.54, 1.807) is 29.8 Å². The molecule has 0 aliphatic rings. The first-order valence-corrected chi connectivity index (χ1v) is 8.52. The molecule has 0 fully saturated rings. The molecule has 0 atom stereocenters. The lowest BCUT2D eigenvalue weighted by molar-refractivity contribution is 0.415. The zero-order valence-corrected chi connectivity index (χ0v) is 14.4. The fourth-order valence-corrected chi connectivity index (χ4v) is 2.99. The molecule has 0 amide bonds. The van der Waals surface area contributed by atoms with Crippen LogP contribution in [0.15, 0.2) is 64.9 Å². The van der Waals surface area contributed by atoms with Crippen LogP contribution in [0.2, 0.25) is 0 Å². The van der Waals surface area contributed by atoms with E-state index in [1.807, 2.05) is 49.4 Å². The molecule has 0 saturated heterocycles. The number of methoxy groups -OCH3 is 1. The molecule has 5 nitrogen and oxygen atoms in total. The van der Waals surface area contributed by atoms with Gasteiger partial charge in [0.1, 0.15) is 5.75 Å². The molecule has 1 aromatic heterocycles. The molecule has 0 bridgehead atoms. The molecule has 1 heterocycles. The lowest BCUT2D eigenvalue weighted by atomic mass is 10.2. The van der Waals surface area contributed by atoms with Crippen molar-refractivity contribution in [1.82, 2.24) is 14.9 Å². The van der Waals surface area contributed by atoms with E-state index in [1.165, 1.54) is 5.56 Å². The number of thioether (sulfide) groups is 1. The second-order valence-corrected chi connectivity index (χ2v) is 6.08. The van der Waals surface area contributed by atoms with Crippen LogP contribution in [-0.4, -0.2) is 28.2 Å². The van der Waals surface area contributed by atoms with E-state index >= 15 is 0 Å². The third-order valence-electron chi connectivity index (χ3n) is 3.42. The Balaban J connectivity index is 1.73. The lowest BCUT2D eigenvalue weighted by Gasteiger charge is -2.03. The van der Waals surface area contributed by atoms with Crippen LogP contribution in [0.3, 0.4) is 0 Å². The van der Waals surface area contributed by atoms with E-state index in [9.17, 15) is 0 Å². The average molecular weight is 338 g/mol. The van der Waals surface area contributed by atoms with Gasteiger partial charge in [0.15, 0.2) is 5.82 Å². The summed E-state index contributed by atoms with van der Waals surface area (Å²) in [6.45, 7) is 1.89. The van der Waals surface area contributed by atoms with Gasteiger partial charge in [-0.1, -0.05) is 42.1 Å². The van der Waals surface area contributed by atoms with E-state index < -0.39 is 0 Å². The van der Waals surface area contributed by atoms with Crippen LogP contribution in [0.25, 0.3) is 0 Å². The summed E-state index contributed by atoms with van der Waals surface area (Å²) >= 11 is 1.62. The Labute approximate surface area is 145 Å². The van der Waals surface area contributed by atoms with Gasteiger partial charge in [-0.25, -0.2) is 0 Å². The van der Waals surface area contributed by atoms with Crippen LogP contribution >= 0.6 is 11.8 Å². The van der Waals surface area contributed by atoms with Crippen molar-refractivity contribution in [2.24, 2.45) is 5.10 Å². The smallest absolute Gasteiger partial charge is 0.212 e. The monoisotopic (exact) mass is 338 g/mol. The van der Waals surface area contributed by atoms with Crippen LogP contribution in [0.5, 0.6) is 5.75 Å². The minimum Gasteiger partial charge on any atom is -0.497 e. The molecule has 6 heteroatoms. The predicted molar refractivity (Wildman–Crippen MR) is 96.7 cm³/mol. The van der Waals surface area contributed by atoms with Crippen molar-refractivity contribution in [3.8, 4) is 5.75 Å². The first kappa shape index (κ1) is 16.3. The molecule has 0 aliphatic carbocycles. The highest BCUT2D eigenvalue weighted by Gasteiger charge is 2.08. The molecule has 0 spiro atoms. The van der Waals surface area contributed by atoms with E-state index in [4.69, 9.17) is 4.74 Å². The number of hydrogen-bond donors (Lipinski definition) is 0. The number of benzene rings is 2. The van der Waals surface area contributed by atoms with Gasteiger partial charge in [0, 0.05) is 5.75 Å². The highest BCUT2D eigenvalue weighted by molar-refractivity contribution is 7.98. The molecule has 24 heavy (non-hydrogen) atoms. The quantitative estimate of drug-likeness (QED) is 0.507. The second kappa shape index (κ2) is 7.79. The van der Waals surface area contributed by atoms with Gasteiger partial charge in [-0.15, -0.1) is 10.2 Å². The molecule has 122 valence electrons. The normalized spacial score (nSPS) is 11.1. The van der Waals surface area contributed by atoms with Crippen molar-refractivity contribution in [1.29, 1.82) is 0 Å². The van der Waals surface area contributed by atoms with Crippen LogP contribution in [0.1, 0.15) is 17.0 Å². The zero-order chi connectivity index (χ0) is 16.8. The molecule has 0 radical (unpaired) electrons. The Morgan fingerprint density at radius 3 is 2.54 bits per heavy atom. The Morgan fingerprint density at radius 1 is 1.08 bits per heavy atom. The Morgan fingerprint density at radius 2 is 1.83 bits per heavy atom. The third-order valence-corrected chi connectivity index (χ3v) is 4.41. The number of hydrogen-bond acceptors (Lipinski definition) is 5. The first-order chi connectivity index (χ1) is 11.8. The SMILES string of the molecule is COc1ccc(/C=N\n2c(C)nnc2SCc2ccccc2)cc1. The largest absolute Gasteiger partial charge is 0.497 e. The van der Waals surface area contributed by atoms with Crippen molar-refractivity contribution in [2.75, 3.05) is 7.11 Å².